The number of rotatable bonds is 3. The number of hydrogen-bond acceptors (Lipinski definition) is 4. The molecule has 0 fully saturated rings. The predicted molar refractivity (Wildman–Crippen MR) is 106 cm³/mol. The summed E-state index contributed by atoms with van der Waals surface area (Å²) in [6.07, 6.45) is 4.19. The van der Waals surface area contributed by atoms with Gasteiger partial charge in [-0.15, -0.1) is 0 Å². The second-order valence-electron chi connectivity index (χ2n) is 7.28. The highest BCUT2D eigenvalue weighted by atomic mass is 19.1. The number of carbonyl (C=O) groups is 2. The highest BCUT2D eigenvalue weighted by Gasteiger charge is 2.21. The van der Waals surface area contributed by atoms with Crippen LogP contribution >= 0.6 is 0 Å². The average Bonchev–Trinajstić information content (AvgIpc) is 2.88. The smallest absolute Gasteiger partial charge is 0.272 e. The molecule has 1 aliphatic rings. The van der Waals surface area contributed by atoms with Crippen LogP contribution in [0.5, 0.6) is 0 Å². The number of hydrazine groups is 1. The van der Waals surface area contributed by atoms with Gasteiger partial charge in [0.1, 0.15) is 17.2 Å². The van der Waals surface area contributed by atoms with Crippen molar-refractivity contribution >= 4 is 23.0 Å². The SMILES string of the molecule is Cc1cc(C(=O)NNC(=O)Cc2ccc(F)cc2)c2nc3n(c2n1)CCCCC3. The summed E-state index contributed by atoms with van der Waals surface area (Å²) in [6.45, 7) is 2.68. The zero-order chi connectivity index (χ0) is 20.4. The van der Waals surface area contributed by atoms with Crippen molar-refractivity contribution in [1.29, 1.82) is 0 Å². The number of halogens is 1. The molecule has 0 saturated carbocycles. The maximum absolute atomic E-state index is 13.0. The van der Waals surface area contributed by atoms with Crippen LogP contribution in [0.3, 0.4) is 0 Å². The molecule has 0 bridgehead atoms. The normalized spacial score (nSPS) is 13.6. The summed E-state index contributed by atoms with van der Waals surface area (Å²) in [5.74, 6) is -0.253. The highest BCUT2D eigenvalue weighted by Crippen LogP contribution is 2.23. The van der Waals surface area contributed by atoms with Crippen LogP contribution in [0.4, 0.5) is 4.39 Å². The van der Waals surface area contributed by atoms with Gasteiger partial charge in [0.2, 0.25) is 5.91 Å². The van der Waals surface area contributed by atoms with Crippen LogP contribution in [-0.2, 0) is 24.2 Å². The number of benzene rings is 1. The number of fused-ring (bicyclic) bond motifs is 3. The maximum atomic E-state index is 13.0. The molecule has 3 aromatic rings. The minimum absolute atomic E-state index is 0.0319. The lowest BCUT2D eigenvalue weighted by Crippen LogP contribution is -2.42. The fourth-order valence-corrected chi connectivity index (χ4v) is 3.61. The van der Waals surface area contributed by atoms with Gasteiger partial charge in [-0.1, -0.05) is 18.6 Å². The van der Waals surface area contributed by atoms with Gasteiger partial charge in [0, 0.05) is 18.7 Å². The summed E-state index contributed by atoms with van der Waals surface area (Å²) >= 11 is 0. The Morgan fingerprint density at radius 1 is 1.10 bits per heavy atom. The molecule has 0 unspecified atom stereocenters. The third-order valence-electron chi connectivity index (χ3n) is 5.03. The van der Waals surface area contributed by atoms with E-state index in [1.807, 2.05) is 6.92 Å². The lowest BCUT2D eigenvalue weighted by molar-refractivity contribution is -0.121. The minimum atomic E-state index is -0.443. The average molecular weight is 395 g/mol. The Kier molecular flexibility index (Phi) is 5.24. The van der Waals surface area contributed by atoms with Crippen molar-refractivity contribution in [3.63, 3.8) is 0 Å². The summed E-state index contributed by atoms with van der Waals surface area (Å²) < 4.78 is 15.1. The van der Waals surface area contributed by atoms with Crippen LogP contribution in [0, 0.1) is 12.7 Å². The molecular formula is C21H22FN5O2. The Labute approximate surface area is 167 Å². The standard InChI is InChI=1S/C21H22FN5O2/c1-13-11-16(19-20(23-13)27-10-4-2-3-5-17(27)24-19)21(29)26-25-18(28)12-14-6-8-15(22)9-7-14/h6-9,11H,2-5,10,12H2,1H3,(H,25,28)(H,26,29). The molecule has 2 N–H and O–H groups in total. The van der Waals surface area contributed by atoms with Gasteiger partial charge >= 0.3 is 0 Å². The first-order valence-corrected chi connectivity index (χ1v) is 9.71. The summed E-state index contributed by atoms with van der Waals surface area (Å²) in [4.78, 5) is 34.1. The number of carbonyl (C=O) groups excluding carboxylic acids is 2. The van der Waals surface area contributed by atoms with Gasteiger partial charge in [-0.3, -0.25) is 20.4 Å². The first kappa shape index (κ1) is 19.0. The van der Waals surface area contributed by atoms with Gasteiger partial charge in [0.05, 0.1) is 12.0 Å². The van der Waals surface area contributed by atoms with Crippen molar-refractivity contribution in [2.45, 2.75) is 45.6 Å². The van der Waals surface area contributed by atoms with Gasteiger partial charge in [-0.25, -0.2) is 14.4 Å². The van der Waals surface area contributed by atoms with Crippen LogP contribution in [0.1, 0.15) is 46.7 Å². The van der Waals surface area contributed by atoms with Crippen molar-refractivity contribution in [3.8, 4) is 0 Å². The van der Waals surface area contributed by atoms with Crippen molar-refractivity contribution in [2.24, 2.45) is 0 Å². The molecule has 0 saturated heterocycles. The first-order valence-electron chi connectivity index (χ1n) is 9.71. The second-order valence-corrected chi connectivity index (χ2v) is 7.28. The molecular weight excluding hydrogens is 373 g/mol. The van der Waals surface area contributed by atoms with Crippen molar-refractivity contribution in [1.82, 2.24) is 25.4 Å². The Balaban J connectivity index is 1.51. The zero-order valence-corrected chi connectivity index (χ0v) is 16.2. The molecule has 3 heterocycles. The topological polar surface area (TPSA) is 88.9 Å². The lowest BCUT2D eigenvalue weighted by atomic mass is 10.1. The van der Waals surface area contributed by atoms with E-state index in [1.54, 1.807) is 6.07 Å². The Morgan fingerprint density at radius 2 is 1.90 bits per heavy atom. The third kappa shape index (κ3) is 4.11. The molecule has 0 radical (unpaired) electrons. The van der Waals surface area contributed by atoms with E-state index in [1.165, 1.54) is 24.3 Å². The van der Waals surface area contributed by atoms with Crippen LogP contribution in [0.2, 0.25) is 0 Å². The Morgan fingerprint density at radius 3 is 2.69 bits per heavy atom. The largest absolute Gasteiger partial charge is 0.313 e. The molecule has 8 heteroatoms. The zero-order valence-electron chi connectivity index (χ0n) is 16.2. The van der Waals surface area contributed by atoms with Crippen LogP contribution < -0.4 is 10.9 Å². The molecule has 7 nitrogen and oxygen atoms in total. The predicted octanol–water partition coefficient (Wildman–Crippen LogP) is 2.61. The van der Waals surface area contributed by atoms with E-state index >= 15 is 0 Å². The van der Waals surface area contributed by atoms with E-state index in [-0.39, 0.29) is 12.2 Å². The van der Waals surface area contributed by atoms with Gasteiger partial charge < -0.3 is 4.57 Å². The van der Waals surface area contributed by atoms with E-state index < -0.39 is 11.8 Å². The molecule has 1 aliphatic heterocycles. The number of aromatic nitrogens is 3. The van der Waals surface area contributed by atoms with E-state index in [4.69, 9.17) is 0 Å². The van der Waals surface area contributed by atoms with E-state index in [2.05, 4.69) is 25.4 Å². The highest BCUT2D eigenvalue weighted by molar-refractivity contribution is 6.04. The summed E-state index contributed by atoms with van der Waals surface area (Å²) in [7, 11) is 0. The fourth-order valence-electron chi connectivity index (χ4n) is 3.61. The number of amides is 2. The number of pyridine rings is 1. The lowest BCUT2D eigenvalue weighted by Gasteiger charge is -2.09. The van der Waals surface area contributed by atoms with Gasteiger partial charge in [-0.05, 0) is 43.5 Å². The van der Waals surface area contributed by atoms with Crippen LogP contribution in [-0.4, -0.2) is 26.3 Å². The number of aryl methyl sites for hydroxylation is 3. The van der Waals surface area contributed by atoms with Crippen molar-refractivity contribution in [2.75, 3.05) is 0 Å². The molecule has 2 aromatic heterocycles. The van der Waals surface area contributed by atoms with E-state index in [9.17, 15) is 14.0 Å². The minimum Gasteiger partial charge on any atom is -0.313 e. The number of nitrogens with one attached hydrogen (secondary N) is 2. The van der Waals surface area contributed by atoms with Crippen LogP contribution in [0.15, 0.2) is 30.3 Å². The maximum Gasteiger partial charge on any atom is 0.272 e. The van der Waals surface area contributed by atoms with Crippen molar-refractivity contribution in [3.05, 3.63) is 58.8 Å². The van der Waals surface area contributed by atoms with Gasteiger partial charge in [-0.2, -0.15) is 0 Å². The van der Waals surface area contributed by atoms with E-state index in [0.717, 1.165) is 38.1 Å². The summed E-state index contributed by atoms with van der Waals surface area (Å²) in [5, 5.41) is 0. The summed E-state index contributed by atoms with van der Waals surface area (Å²) in [6, 6.07) is 7.33. The molecule has 2 amide bonds. The van der Waals surface area contributed by atoms with Gasteiger partial charge in [0.25, 0.3) is 5.91 Å². The van der Waals surface area contributed by atoms with Crippen LogP contribution in [0.25, 0.3) is 11.2 Å². The molecule has 150 valence electrons. The van der Waals surface area contributed by atoms with Crippen molar-refractivity contribution < 1.29 is 14.0 Å². The number of hydrogen-bond donors (Lipinski definition) is 2. The molecule has 0 aliphatic carbocycles. The molecule has 0 atom stereocenters. The Bertz CT molecular complexity index is 1070. The second kappa shape index (κ2) is 7.98. The number of nitrogens with zero attached hydrogens (tertiary/aromatic N) is 3. The molecule has 0 spiro atoms. The molecule has 4 rings (SSSR count). The quantitative estimate of drug-likeness (QED) is 0.667. The van der Waals surface area contributed by atoms with E-state index in [0.29, 0.717) is 28.0 Å². The Hall–Kier alpha value is -3.29. The fraction of sp³-hybridized carbons (Fsp3) is 0.333. The number of imidazole rings is 1. The molecule has 1 aromatic carbocycles. The first-order chi connectivity index (χ1) is 14.0. The third-order valence-corrected chi connectivity index (χ3v) is 5.03. The monoisotopic (exact) mass is 395 g/mol. The molecule has 29 heavy (non-hydrogen) atoms. The van der Waals surface area contributed by atoms with Gasteiger partial charge in [0.15, 0.2) is 5.65 Å². The summed E-state index contributed by atoms with van der Waals surface area (Å²) in [5.41, 5.74) is 7.88.